The highest BCUT2D eigenvalue weighted by atomic mass is 16.8. The number of rotatable bonds is 11. The van der Waals surface area contributed by atoms with E-state index in [1.807, 2.05) is 13.8 Å². The Bertz CT molecular complexity index is 1730. The number of carbonyl (C=O) groups is 4. The van der Waals surface area contributed by atoms with Crippen LogP contribution in [0.1, 0.15) is 97.1 Å². The van der Waals surface area contributed by atoms with Gasteiger partial charge < -0.3 is 47.4 Å². The Labute approximate surface area is 333 Å². The topological polar surface area (TPSA) is 161 Å². The van der Waals surface area contributed by atoms with E-state index in [9.17, 15) is 19.2 Å². The second-order valence-electron chi connectivity index (χ2n) is 14.4. The first kappa shape index (κ1) is 43.2. The van der Waals surface area contributed by atoms with Crippen LogP contribution in [0.3, 0.4) is 0 Å². The van der Waals surface area contributed by atoms with Crippen molar-refractivity contribution in [2.24, 2.45) is 5.92 Å². The molecule has 14 heteroatoms. The summed E-state index contributed by atoms with van der Waals surface area (Å²) in [6, 6.07) is 14.1. The van der Waals surface area contributed by atoms with Crippen molar-refractivity contribution in [3.63, 3.8) is 0 Å². The molecule has 6 rings (SSSR count). The summed E-state index contributed by atoms with van der Waals surface area (Å²) in [6.45, 7) is 11.9. The van der Waals surface area contributed by atoms with Gasteiger partial charge in [-0.25, -0.2) is 9.59 Å². The molecular formula is C43H52O14. The van der Waals surface area contributed by atoms with Gasteiger partial charge in [-0.1, -0.05) is 30.2 Å². The third-order valence-corrected chi connectivity index (χ3v) is 8.88. The third-order valence-electron chi connectivity index (χ3n) is 8.88. The molecule has 0 N–H and O–H groups in total. The fourth-order valence-corrected chi connectivity index (χ4v) is 6.21. The molecule has 2 aromatic carbocycles. The van der Waals surface area contributed by atoms with Crippen molar-refractivity contribution in [3.05, 3.63) is 65.2 Å². The molecule has 14 nitrogen and oxygen atoms in total. The summed E-state index contributed by atoms with van der Waals surface area (Å²) in [6.07, 6.45) is 6.14. The average molecular weight is 793 g/mol. The summed E-state index contributed by atoms with van der Waals surface area (Å²) >= 11 is 0. The Morgan fingerprint density at radius 2 is 1.14 bits per heavy atom. The molecule has 4 saturated heterocycles. The van der Waals surface area contributed by atoms with E-state index in [0.717, 1.165) is 45.1 Å². The number of hydrogen-bond donors (Lipinski definition) is 0. The summed E-state index contributed by atoms with van der Waals surface area (Å²) in [5.41, 5.74) is 1.19. The van der Waals surface area contributed by atoms with Gasteiger partial charge in [-0.3, -0.25) is 9.59 Å². The highest BCUT2D eigenvalue weighted by Crippen LogP contribution is 2.34. The van der Waals surface area contributed by atoms with Crippen molar-refractivity contribution < 1.29 is 66.5 Å². The molecule has 4 aliphatic rings. The van der Waals surface area contributed by atoms with Crippen LogP contribution in [0.25, 0.3) is 6.08 Å². The fraction of sp³-hybridized carbons (Fsp3) is 0.535. The average Bonchev–Trinajstić information content (AvgIpc) is 3.16. The van der Waals surface area contributed by atoms with Gasteiger partial charge in [-0.05, 0) is 86.9 Å². The van der Waals surface area contributed by atoms with Crippen molar-refractivity contribution in [3.8, 4) is 23.3 Å². The van der Waals surface area contributed by atoms with Gasteiger partial charge in [-0.15, -0.1) is 0 Å². The minimum Gasteiger partial charge on any atom is -0.465 e. The molecule has 0 aromatic heterocycles. The molecule has 2 aromatic rings. The first-order chi connectivity index (χ1) is 27.3. The second kappa shape index (κ2) is 20.0. The fourth-order valence-electron chi connectivity index (χ4n) is 6.21. The van der Waals surface area contributed by atoms with Crippen LogP contribution in [0.15, 0.2) is 54.1 Å². The standard InChI is InChI=1S/C25H32O8.C18H20O6/c1-5-28-20(29-6-2)15-14-19(22-23(26)32-25(3,4)33-24(22)27)17-10-12-18(13-11-17)31-21-9-7-8-16-30-21;1-18(2)23-16(19)14(17(20)24-18)11-12-6-8-13(9-7-12)22-15-5-3-4-10-21-15/h10-13,19-22H,5-9,16H2,1-4H3;6-9,11,15H,3-5,10H2,1-2H3. The van der Waals surface area contributed by atoms with Crippen molar-refractivity contribution in [1.82, 2.24) is 0 Å². The smallest absolute Gasteiger partial charge is 0.348 e. The molecule has 4 heterocycles. The van der Waals surface area contributed by atoms with E-state index in [0.29, 0.717) is 42.4 Å². The number of carbonyl (C=O) groups excluding carboxylic acids is 4. The lowest BCUT2D eigenvalue weighted by molar-refractivity contribution is -0.240. The van der Waals surface area contributed by atoms with Crippen LogP contribution in [-0.2, 0) is 57.1 Å². The number of cyclic esters (lactones) is 4. The Morgan fingerprint density at radius 3 is 1.60 bits per heavy atom. The van der Waals surface area contributed by atoms with Crippen LogP contribution >= 0.6 is 0 Å². The third kappa shape index (κ3) is 12.8. The van der Waals surface area contributed by atoms with E-state index in [1.165, 1.54) is 33.8 Å². The van der Waals surface area contributed by atoms with Crippen LogP contribution in [0.4, 0.5) is 0 Å². The molecular weight excluding hydrogens is 740 g/mol. The second-order valence-corrected chi connectivity index (χ2v) is 14.4. The predicted molar refractivity (Wildman–Crippen MR) is 203 cm³/mol. The molecule has 0 radical (unpaired) electrons. The lowest BCUT2D eigenvalue weighted by atomic mass is 9.85. The van der Waals surface area contributed by atoms with E-state index in [2.05, 4.69) is 11.8 Å². The lowest BCUT2D eigenvalue weighted by Gasteiger charge is -2.34. The molecule has 4 aliphatic heterocycles. The Hall–Kier alpha value is -4.94. The van der Waals surface area contributed by atoms with Gasteiger partial charge in [0.25, 0.3) is 11.6 Å². The van der Waals surface area contributed by atoms with Crippen LogP contribution in [0, 0.1) is 17.8 Å². The van der Waals surface area contributed by atoms with Gasteiger partial charge in [0.1, 0.15) is 17.1 Å². The molecule has 0 spiro atoms. The number of benzene rings is 2. The maximum atomic E-state index is 12.8. The van der Waals surface area contributed by atoms with Gasteiger partial charge in [0.2, 0.25) is 6.29 Å². The zero-order valence-corrected chi connectivity index (χ0v) is 33.4. The van der Waals surface area contributed by atoms with Crippen molar-refractivity contribution in [2.75, 3.05) is 26.4 Å². The Balaban J connectivity index is 0.000000228. The Kier molecular flexibility index (Phi) is 15.1. The number of hydrogen-bond acceptors (Lipinski definition) is 14. The van der Waals surface area contributed by atoms with Crippen LogP contribution in [0.2, 0.25) is 0 Å². The summed E-state index contributed by atoms with van der Waals surface area (Å²) in [5, 5.41) is 0. The van der Waals surface area contributed by atoms with Crippen molar-refractivity contribution in [1.29, 1.82) is 0 Å². The van der Waals surface area contributed by atoms with E-state index >= 15 is 0 Å². The largest absolute Gasteiger partial charge is 0.465 e. The molecule has 0 saturated carbocycles. The van der Waals surface area contributed by atoms with E-state index in [1.54, 1.807) is 48.5 Å². The van der Waals surface area contributed by atoms with Gasteiger partial charge in [-0.2, -0.15) is 0 Å². The maximum Gasteiger partial charge on any atom is 0.348 e. The van der Waals surface area contributed by atoms with Crippen LogP contribution in [-0.4, -0.2) is 80.7 Å². The predicted octanol–water partition coefficient (Wildman–Crippen LogP) is 6.34. The van der Waals surface area contributed by atoms with E-state index in [-0.39, 0.29) is 18.2 Å². The molecule has 0 amide bonds. The van der Waals surface area contributed by atoms with Crippen molar-refractivity contribution >= 4 is 30.0 Å². The zero-order valence-electron chi connectivity index (χ0n) is 33.4. The molecule has 3 atom stereocenters. The maximum absolute atomic E-state index is 12.8. The minimum atomic E-state index is -1.32. The molecule has 4 fully saturated rings. The first-order valence-electron chi connectivity index (χ1n) is 19.4. The molecule has 57 heavy (non-hydrogen) atoms. The van der Waals surface area contributed by atoms with Crippen LogP contribution < -0.4 is 9.47 Å². The summed E-state index contributed by atoms with van der Waals surface area (Å²) in [4.78, 5) is 49.4. The van der Waals surface area contributed by atoms with Gasteiger partial charge in [0.05, 0.1) is 19.1 Å². The molecule has 0 aliphatic carbocycles. The van der Waals surface area contributed by atoms with Crippen molar-refractivity contribution in [2.45, 2.75) is 116 Å². The first-order valence-corrected chi connectivity index (χ1v) is 19.4. The van der Waals surface area contributed by atoms with Gasteiger partial charge >= 0.3 is 23.9 Å². The molecule has 0 bridgehead atoms. The minimum absolute atomic E-state index is 0.126. The summed E-state index contributed by atoms with van der Waals surface area (Å²) in [7, 11) is 0. The van der Waals surface area contributed by atoms with Gasteiger partial charge in [0, 0.05) is 53.8 Å². The number of esters is 4. The monoisotopic (exact) mass is 792 g/mol. The Morgan fingerprint density at radius 1 is 0.667 bits per heavy atom. The normalized spacial score (nSPS) is 22.3. The van der Waals surface area contributed by atoms with E-state index < -0.39 is 53.6 Å². The molecule has 3 unspecified atom stereocenters. The lowest BCUT2D eigenvalue weighted by Crippen LogP contribution is -2.48. The van der Waals surface area contributed by atoms with Gasteiger partial charge in [0.15, 0.2) is 18.5 Å². The summed E-state index contributed by atoms with van der Waals surface area (Å²) in [5.74, 6) is -0.138. The zero-order chi connectivity index (χ0) is 41.0. The highest BCUT2D eigenvalue weighted by molar-refractivity contribution is 6.18. The molecule has 308 valence electrons. The summed E-state index contributed by atoms with van der Waals surface area (Å²) < 4.78 is 54.5. The van der Waals surface area contributed by atoms with Crippen LogP contribution in [0.5, 0.6) is 11.5 Å². The quantitative estimate of drug-likeness (QED) is 0.0619. The number of ether oxygens (including phenoxy) is 10. The van der Waals surface area contributed by atoms with E-state index in [4.69, 9.17) is 47.4 Å². The highest BCUT2D eigenvalue weighted by Gasteiger charge is 2.47. The SMILES string of the molecule is CC1(C)OC(=O)C(=Cc2ccc(OC3CCCCO3)cc2)C(=O)O1.CCOC(C#CC(c1ccc(OC2CCCCO2)cc1)C1C(=O)OC(C)(C)OC1=O)OCC.